The van der Waals surface area contributed by atoms with Crippen LogP contribution >= 0.6 is 0 Å². The van der Waals surface area contributed by atoms with Gasteiger partial charge in [-0.15, -0.1) is 0 Å². The highest BCUT2D eigenvalue weighted by Gasteiger charge is 2.13. The standard InChI is InChI=1S/C17H18N2O2/c1-17(2,3)13-5-4-6-15(11-13)19-18-14-9-7-12(8-10-14)16(20)21/h4-11H,1-3H3,(H,20,21). The van der Waals surface area contributed by atoms with Crippen molar-refractivity contribution in [1.82, 2.24) is 0 Å². The summed E-state index contributed by atoms with van der Waals surface area (Å²) in [5, 5.41) is 17.2. The maximum absolute atomic E-state index is 10.8. The molecule has 2 aromatic carbocycles. The van der Waals surface area contributed by atoms with Gasteiger partial charge in [0, 0.05) is 0 Å². The smallest absolute Gasteiger partial charge is 0.335 e. The molecule has 2 rings (SSSR count). The number of rotatable bonds is 3. The molecule has 0 radical (unpaired) electrons. The number of carboxylic acids is 1. The Morgan fingerprint density at radius 2 is 1.57 bits per heavy atom. The Labute approximate surface area is 124 Å². The minimum atomic E-state index is -0.948. The van der Waals surface area contributed by atoms with E-state index in [1.165, 1.54) is 17.7 Å². The third kappa shape index (κ3) is 3.99. The molecule has 0 fully saturated rings. The lowest BCUT2D eigenvalue weighted by molar-refractivity contribution is 0.0697. The van der Waals surface area contributed by atoms with Crippen LogP contribution < -0.4 is 0 Å². The van der Waals surface area contributed by atoms with Crippen molar-refractivity contribution in [1.29, 1.82) is 0 Å². The first kappa shape index (κ1) is 14.9. The number of azo groups is 1. The number of hydrogen-bond acceptors (Lipinski definition) is 3. The lowest BCUT2D eigenvalue weighted by Crippen LogP contribution is -2.10. The van der Waals surface area contributed by atoms with Gasteiger partial charge in [0.05, 0.1) is 16.9 Å². The molecule has 0 aromatic heterocycles. The molecule has 0 bridgehead atoms. The van der Waals surface area contributed by atoms with E-state index in [2.05, 4.69) is 37.1 Å². The van der Waals surface area contributed by atoms with Crippen molar-refractivity contribution in [2.45, 2.75) is 26.2 Å². The first-order valence-electron chi connectivity index (χ1n) is 6.72. The van der Waals surface area contributed by atoms with Crippen LogP contribution in [0.2, 0.25) is 0 Å². The Bertz CT molecular complexity index is 668. The predicted molar refractivity (Wildman–Crippen MR) is 82.7 cm³/mol. The molecule has 0 aliphatic heterocycles. The van der Waals surface area contributed by atoms with Crippen molar-refractivity contribution < 1.29 is 9.90 Å². The molecular weight excluding hydrogens is 264 g/mol. The van der Waals surface area contributed by atoms with Crippen molar-refractivity contribution in [3.63, 3.8) is 0 Å². The number of aromatic carboxylic acids is 1. The minimum absolute atomic E-state index is 0.0642. The van der Waals surface area contributed by atoms with Crippen LogP contribution in [-0.4, -0.2) is 11.1 Å². The predicted octanol–water partition coefficient (Wildman–Crippen LogP) is 5.10. The lowest BCUT2D eigenvalue weighted by Gasteiger charge is -2.18. The molecule has 108 valence electrons. The maximum atomic E-state index is 10.8. The summed E-state index contributed by atoms with van der Waals surface area (Å²) >= 11 is 0. The van der Waals surface area contributed by atoms with E-state index in [1.54, 1.807) is 12.1 Å². The monoisotopic (exact) mass is 282 g/mol. The van der Waals surface area contributed by atoms with Gasteiger partial charge in [-0.3, -0.25) is 0 Å². The van der Waals surface area contributed by atoms with Gasteiger partial charge < -0.3 is 5.11 Å². The van der Waals surface area contributed by atoms with Crippen LogP contribution in [0.5, 0.6) is 0 Å². The molecule has 4 nitrogen and oxygen atoms in total. The summed E-state index contributed by atoms with van der Waals surface area (Å²) in [6.07, 6.45) is 0. The summed E-state index contributed by atoms with van der Waals surface area (Å²) in [5.74, 6) is -0.948. The molecule has 0 unspecified atom stereocenters. The van der Waals surface area contributed by atoms with Crippen LogP contribution in [0.4, 0.5) is 11.4 Å². The highest BCUT2D eigenvalue weighted by molar-refractivity contribution is 5.87. The van der Waals surface area contributed by atoms with Crippen LogP contribution in [0.3, 0.4) is 0 Å². The van der Waals surface area contributed by atoms with Crippen molar-refractivity contribution >= 4 is 17.3 Å². The molecule has 4 heteroatoms. The summed E-state index contributed by atoms with van der Waals surface area (Å²) in [6, 6.07) is 14.2. The number of benzene rings is 2. The van der Waals surface area contributed by atoms with Crippen molar-refractivity contribution in [2.75, 3.05) is 0 Å². The second kappa shape index (κ2) is 5.87. The quantitative estimate of drug-likeness (QED) is 0.796. The van der Waals surface area contributed by atoms with Gasteiger partial charge in [0.1, 0.15) is 0 Å². The fourth-order valence-corrected chi connectivity index (χ4v) is 1.82. The van der Waals surface area contributed by atoms with Crippen LogP contribution in [0.25, 0.3) is 0 Å². The van der Waals surface area contributed by atoms with Gasteiger partial charge in [0.25, 0.3) is 0 Å². The SMILES string of the molecule is CC(C)(C)c1cccc(N=Nc2ccc(C(=O)O)cc2)c1. The van der Waals surface area contributed by atoms with Gasteiger partial charge in [-0.1, -0.05) is 32.9 Å². The lowest BCUT2D eigenvalue weighted by atomic mass is 9.87. The molecule has 0 aliphatic carbocycles. The molecular formula is C17H18N2O2. The average molecular weight is 282 g/mol. The summed E-state index contributed by atoms with van der Waals surface area (Å²) < 4.78 is 0. The second-order valence-electron chi connectivity index (χ2n) is 5.85. The zero-order valence-corrected chi connectivity index (χ0v) is 12.4. The largest absolute Gasteiger partial charge is 0.478 e. The Morgan fingerprint density at radius 1 is 0.952 bits per heavy atom. The van der Waals surface area contributed by atoms with Crippen molar-refractivity contribution in [3.8, 4) is 0 Å². The minimum Gasteiger partial charge on any atom is -0.478 e. The Hall–Kier alpha value is -2.49. The Balaban J connectivity index is 2.19. The normalized spacial score (nSPS) is 11.8. The Morgan fingerprint density at radius 3 is 2.14 bits per heavy atom. The maximum Gasteiger partial charge on any atom is 0.335 e. The molecule has 0 aliphatic rings. The molecule has 1 N–H and O–H groups in total. The van der Waals surface area contributed by atoms with Crippen LogP contribution in [-0.2, 0) is 5.41 Å². The topological polar surface area (TPSA) is 62.0 Å². The van der Waals surface area contributed by atoms with Crippen LogP contribution in [0.1, 0.15) is 36.7 Å². The van der Waals surface area contributed by atoms with E-state index in [-0.39, 0.29) is 11.0 Å². The zero-order chi connectivity index (χ0) is 15.5. The molecule has 2 aromatic rings. The van der Waals surface area contributed by atoms with E-state index < -0.39 is 5.97 Å². The average Bonchev–Trinajstić information content (AvgIpc) is 2.45. The van der Waals surface area contributed by atoms with Crippen molar-refractivity contribution in [2.24, 2.45) is 10.2 Å². The van der Waals surface area contributed by atoms with E-state index in [0.29, 0.717) is 5.69 Å². The number of nitrogens with zero attached hydrogens (tertiary/aromatic N) is 2. The molecule has 0 amide bonds. The van der Waals surface area contributed by atoms with Gasteiger partial charge >= 0.3 is 5.97 Å². The van der Waals surface area contributed by atoms with Crippen LogP contribution in [0, 0.1) is 0 Å². The molecule has 0 saturated heterocycles. The van der Waals surface area contributed by atoms with E-state index in [0.717, 1.165) is 5.69 Å². The number of carbonyl (C=O) groups is 1. The van der Waals surface area contributed by atoms with Crippen molar-refractivity contribution in [3.05, 3.63) is 59.7 Å². The first-order valence-corrected chi connectivity index (χ1v) is 6.72. The fourth-order valence-electron chi connectivity index (χ4n) is 1.82. The highest BCUT2D eigenvalue weighted by atomic mass is 16.4. The molecule has 0 heterocycles. The van der Waals surface area contributed by atoms with Gasteiger partial charge in [0.15, 0.2) is 0 Å². The van der Waals surface area contributed by atoms with Gasteiger partial charge in [-0.2, -0.15) is 10.2 Å². The van der Waals surface area contributed by atoms with E-state index in [4.69, 9.17) is 5.11 Å². The Kier molecular flexibility index (Phi) is 4.17. The second-order valence-corrected chi connectivity index (χ2v) is 5.85. The summed E-state index contributed by atoms with van der Waals surface area (Å²) in [7, 11) is 0. The zero-order valence-electron chi connectivity index (χ0n) is 12.4. The molecule has 0 saturated carbocycles. The van der Waals surface area contributed by atoms with E-state index in [9.17, 15) is 4.79 Å². The highest BCUT2D eigenvalue weighted by Crippen LogP contribution is 2.26. The summed E-state index contributed by atoms with van der Waals surface area (Å²) in [5.41, 5.74) is 2.91. The number of carboxylic acid groups (broad SMARTS) is 1. The fraction of sp³-hybridized carbons (Fsp3) is 0.235. The van der Waals surface area contributed by atoms with Gasteiger partial charge in [0.2, 0.25) is 0 Å². The summed E-state index contributed by atoms with van der Waals surface area (Å²) in [4.78, 5) is 10.8. The third-order valence-electron chi connectivity index (χ3n) is 3.11. The molecule has 0 atom stereocenters. The van der Waals surface area contributed by atoms with E-state index in [1.807, 2.05) is 18.2 Å². The first-order chi connectivity index (χ1) is 9.86. The van der Waals surface area contributed by atoms with Gasteiger partial charge in [-0.05, 0) is 47.4 Å². The number of hydrogen-bond donors (Lipinski definition) is 1. The molecule has 0 spiro atoms. The van der Waals surface area contributed by atoms with E-state index >= 15 is 0 Å². The molecule has 21 heavy (non-hydrogen) atoms. The van der Waals surface area contributed by atoms with Crippen LogP contribution in [0.15, 0.2) is 58.8 Å². The summed E-state index contributed by atoms with van der Waals surface area (Å²) in [6.45, 7) is 6.44. The third-order valence-corrected chi connectivity index (χ3v) is 3.11. The van der Waals surface area contributed by atoms with Gasteiger partial charge in [-0.25, -0.2) is 4.79 Å².